The maximum atomic E-state index is 12.4. The normalized spacial score (nSPS) is 11.7. The van der Waals surface area contributed by atoms with Crippen LogP contribution in [0.2, 0.25) is 0 Å². The van der Waals surface area contributed by atoms with Gasteiger partial charge in [0.1, 0.15) is 74.7 Å². The summed E-state index contributed by atoms with van der Waals surface area (Å²) in [6, 6.07) is 37.0. The molecule has 40 nitrogen and oxygen atoms in total. The van der Waals surface area contributed by atoms with Crippen molar-refractivity contribution in [3.8, 4) is 23.0 Å². The molecule has 124 heavy (non-hydrogen) atoms. The van der Waals surface area contributed by atoms with E-state index >= 15 is 0 Å². The maximum Gasteiger partial charge on any atom is 1.00 e. The quantitative estimate of drug-likeness (QED) is 0.00330. The molecular weight excluding hydrogens is 1870 g/mol. The smallest absolute Gasteiger partial charge is 0.744 e. The number of azo groups is 4. The summed E-state index contributed by atoms with van der Waals surface area (Å²) in [5, 5.41) is 133. The Morgan fingerprint density at radius 1 is 0.306 bits per heavy atom. The summed E-state index contributed by atoms with van der Waals surface area (Å²) >= 11 is 1.90. The van der Waals surface area contributed by atoms with Gasteiger partial charge in [0.05, 0.1) is 107 Å². The van der Waals surface area contributed by atoms with E-state index < -0.39 is 77.2 Å². The number of phenols is 4. The topological polar surface area (TPSA) is 679 Å². The van der Waals surface area contributed by atoms with Crippen LogP contribution in [-0.4, -0.2) is 72.3 Å². The van der Waals surface area contributed by atoms with Crippen LogP contribution in [0.1, 0.15) is 22.3 Å². The monoisotopic (exact) mass is 1920 g/mol. The van der Waals surface area contributed by atoms with Crippen LogP contribution in [0.5, 0.6) is 23.0 Å². The molecule has 12 rings (SSSR count). The summed E-state index contributed by atoms with van der Waals surface area (Å²) in [4.78, 5) is -2.40. The minimum absolute atomic E-state index is 0. The first-order valence-corrected chi connectivity index (χ1v) is 39.9. The fourth-order valence-corrected chi connectivity index (χ4v) is 15.3. The predicted molar refractivity (Wildman–Crippen MR) is 404 cm³/mol. The van der Waals surface area contributed by atoms with Crippen molar-refractivity contribution >= 4 is 224 Å². The zero-order chi connectivity index (χ0) is 83.6. The van der Waals surface area contributed by atoms with Crippen molar-refractivity contribution in [3.05, 3.63) is 192 Å². The van der Waals surface area contributed by atoms with Gasteiger partial charge in [0, 0.05) is 58.4 Å². The molecule has 0 aliphatic carbocycles. The molecule has 0 aromatic heterocycles. The molecule has 0 heterocycles. The van der Waals surface area contributed by atoms with Crippen molar-refractivity contribution in [1.29, 1.82) is 0 Å². The van der Waals surface area contributed by atoms with Crippen LogP contribution < -0.4 is 280 Å². The second-order valence-electron chi connectivity index (χ2n) is 23.2. The second-order valence-corrected chi connectivity index (χ2v) is 31.7. The molecule has 0 aliphatic heterocycles. The molecule has 0 radical (unpaired) electrons. The molecule has 56 heteroatoms. The predicted octanol–water partition coefficient (Wildman–Crippen LogP) is -12.3. The summed E-state index contributed by atoms with van der Waals surface area (Å²) in [5.41, 5.74) is 24.0. The van der Waals surface area contributed by atoms with Crippen LogP contribution in [0.25, 0.3) is 67.4 Å². The fourth-order valence-electron chi connectivity index (χ4n) is 10.8. The number of phenolic OH excluding ortho intramolecular Hbond substituents is 4. The molecule has 12 aromatic rings. The SMILES string of the molecule is Nc1ccc2c(O)c(N=Nc3ccc(C=Cc4ccc(N=Nc5c(S(=O)(=O)[O-])cc6cc(N)ccc6c5O)cc4S(=O)(=O)[O-])c(SOO[O-])c3)c(SOO[O-])cc2c1.Nc1ccc2c(O)cc(SOO[O-])cc2c1N=Nc1ccc(C=Cc2ccc(N=Nc3c(N)ccc4c(O)cc(S(=O)(=O)[O-])cc34)cc2S(=O)(=O)[O-])c(SOO[O-])c1.[Na+].[Na+].[Na+].[Na+].[Na+].[Na+].[Na+].[Na+]. The first kappa shape index (κ1) is 115. The third-order valence-electron chi connectivity index (χ3n) is 16.0. The van der Waals surface area contributed by atoms with Crippen LogP contribution >= 0.6 is 48.2 Å². The standard InChI is InChI=1S/2C34H26N6O14S4.8Na/c35-21-5-9-25-19(11-21)13-28(56-54-52-44)31(33(25)41)39-37-23-7-3-17(27(15-23)55-53-51-43)1-2-18-4-8-24(16-29(18)57(45,46)47)38-40-32-30(58(48,49)50)14-20-12-22(36)6-10-26(20)34(32)42;35-27-9-7-23-25(13-21(14-29(23)41)55-53-51-43)33(27)39-37-19-5-3-17(31(11-19)56-54-52-44)1-2-18-4-6-20(12-32(18)58(48,49)50)38-40-34-26-15-22(57(45,46)47)16-30(42)24(26)8-10-28(34)36;;;;;;;;/h2*1-16,41-44H,35-36H2,(H,45,46,47)(H,48,49,50);;;;;;;;/q;;8*+1/p-8. The fraction of sp³-hybridized carbons (Fsp3) is 0. The van der Waals surface area contributed by atoms with Gasteiger partial charge in [-0.1, -0.05) is 48.6 Å². The number of hydrogen-bond acceptors (Lipinski definition) is 44. The van der Waals surface area contributed by atoms with Gasteiger partial charge in [-0.2, -0.15) is 37.8 Å². The molecule has 0 unspecified atom stereocenters. The zero-order valence-electron chi connectivity index (χ0n) is 65.2. The van der Waals surface area contributed by atoms with Crippen molar-refractivity contribution in [2.75, 3.05) is 22.9 Å². The Kier molecular flexibility index (Phi) is 47.7. The summed E-state index contributed by atoms with van der Waals surface area (Å²) < 4.78 is 163. The average molecular weight is 1920 g/mol. The van der Waals surface area contributed by atoms with E-state index in [-0.39, 0.29) is 363 Å². The van der Waals surface area contributed by atoms with Crippen molar-refractivity contribution in [3.63, 3.8) is 0 Å². The zero-order valence-corrected chi connectivity index (χ0v) is 87.7. The third kappa shape index (κ3) is 29.8. The second kappa shape index (κ2) is 51.5. The Labute approximate surface area is 896 Å². The van der Waals surface area contributed by atoms with E-state index in [1.807, 2.05) is 0 Å². The molecule has 12 aromatic carbocycles. The molecule has 600 valence electrons. The molecule has 0 bridgehead atoms. The molecule has 0 saturated carbocycles. The van der Waals surface area contributed by atoms with E-state index in [1.165, 1.54) is 140 Å². The van der Waals surface area contributed by atoms with Gasteiger partial charge in [0.2, 0.25) is 0 Å². The Morgan fingerprint density at radius 3 is 1.07 bits per heavy atom. The van der Waals surface area contributed by atoms with Gasteiger partial charge >= 0.3 is 236 Å². The number of nitrogens with zero attached hydrogens (tertiary/aromatic N) is 8. The summed E-state index contributed by atoms with van der Waals surface area (Å²) in [5.74, 6) is -1.77. The number of nitrogen functional groups attached to an aromatic ring is 4. The molecule has 0 amide bonds. The Bertz CT molecular complexity index is 6610. The van der Waals surface area contributed by atoms with Gasteiger partial charge in [0.15, 0.2) is 11.5 Å². The van der Waals surface area contributed by atoms with E-state index in [0.29, 0.717) is 81.0 Å². The van der Waals surface area contributed by atoms with Crippen LogP contribution in [0.15, 0.2) is 250 Å². The van der Waals surface area contributed by atoms with Crippen LogP contribution in [-0.2, 0) is 78.0 Å². The number of anilines is 4. The average Bonchev–Trinajstić information content (AvgIpc) is 0.755. The summed E-state index contributed by atoms with van der Waals surface area (Å²) in [6.07, 6.45) is 5.26. The Morgan fingerprint density at radius 2 is 0.653 bits per heavy atom. The van der Waals surface area contributed by atoms with Crippen molar-refractivity contribution in [1.82, 2.24) is 0 Å². The van der Waals surface area contributed by atoms with E-state index in [9.17, 15) is 93.3 Å². The van der Waals surface area contributed by atoms with Crippen molar-refractivity contribution in [2.24, 2.45) is 40.9 Å². The van der Waals surface area contributed by atoms with E-state index in [4.69, 9.17) is 22.9 Å². The van der Waals surface area contributed by atoms with Gasteiger partial charge in [-0.25, -0.2) is 33.7 Å². The van der Waals surface area contributed by atoms with Crippen molar-refractivity contribution < 1.29 is 367 Å². The first-order valence-electron chi connectivity index (χ1n) is 31.3. The number of aromatic hydroxyl groups is 4. The summed E-state index contributed by atoms with van der Waals surface area (Å²) in [6.45, 7) is 0. The maximum absolute atomic E-state index is 12.4. The largest absolute Gasteiger partial charge is 1.00 e. The minimum atomic E-state index is -5.22. The summed E-state index contributed by atoms with van der Waals surface area (Å²) in [7, 11) is -20.6. The molecule has 0 fully saturated rings. The Balaban J connectivity index is 0.000000601. The molecular formula is C68H44N12Na8O28S8. The number of fused-ring (bicyclic) bond motifs is 4. The van der Waals surface area contributed by atoms with Crippen molar-refractivity contribution in [2.45, 2.75) is 39.2 Å². The van der Waals surface area contributed by atoms with E-state index in [0.717, 1.165) is 30.3 Å². The number of rotatable bonds is 28. The molecule has 0 aliphatic rings. The van der Waals surface area contributed by atoms with Crippen LogP contribution in [0, 0.1) is 0 Å². The first-order chi connectivity index (χ1) is 55.1. The van der Waals surface area contributed by atoms with Gasteiger partial charge in [0.25, 0.3) is 0 Å². The molecule has 0 saturated heterocycles. The number of hydrogen-bond donors (Lipinski definition) is 8. The Hall–Kier alpha value is -3.48. The van der Waals surface area contributed by atoms with Gasteiger partial charge < -0.3 is 82.6 Å². The van der Waals surface area contributed by atoms with E-state index in [2.05, 4.69) is 78.4 Å². The van der Waals surface area contributed by atoms with Crippen LogP contribution in [0.4, 0.5) is 68.2 Å². The molecule has 0 spiro atoms. The third-order valence-corrected chi connectivity index (χ3v) is 21.9. The van der Waals surface area contributed by atoms with Gasteiger partial charge in [-0.3, -0.25) is 20.2 Å². The minimum Gasteiger partial charge on any atom is -0.744 e. The van der Waals surface area contributed by atoms with Gasteiger partial charge in [-0.05, 0) is 179 Å². The number of nitrogens with two attached hydrogens (primary N) is 4. The molecule has 0 atom stereocenters. The number of benzene rings is 12. The van der Waals surface area contributed by atoms with E-state index in [1.54, 1.807) is 24.3 Å². The molecule has 12 N–H and O–H groups in total. The van der Waals surface area contributed by atoms with Gasteiger partial charge in [-0.15, -0.1) is 20.5 Å². The van der Waals surface area contributed by atoms with Crippen LogP contribution in [0.3, 0.4) is 0 Å².